The number of aromatic carboxylic acids is 1. The van der Waals surface area contributed by atoms with E-state index in [1.54, 1.807) is 0 Å². The van der Waals surface area contributed by atoms with E-state index in [2.05, 4.69) is 21.7 Å². The third-order valence-corrected chi connectivity index (χ3v) is 4.70. The molecule has 0 radical (unpaired) electrons. The lowest BCUT2D eigenvalue weighted by Crippen LogP contribution is -2.46. The Morgan fingerprint density at radius 2 is 1.95 bits per heavy atom. The van der Waals surface area contributed by atoms with Crippen LogP contribution in [0.1, 0.15) is 42.1 Å². The van der Waals surface area contributed by atoms with Gasteiger partial charge in [0.1, 0.15) is 4.88 Å². The summed E-state index contributed by atoms with van der Waals surface area (Å²) in [6, 6.07) is 0. The highest BCUT2D eigenvalue weighted by molar-refractivity contribution is 7.17. The molecule has 6 heteroatoms. The highest BCUT2D eigenvalue weighted by Crippen LogP contribution is 2.28. The van der Waals surface area contributed by atoms with Crippen molar-refractivity contribution in [1.82, 2.24) is 9.88 Å². The van der Waals surface area contributed by atoms with Gasteiger partial charge in [-0.25, -0.2) is 9.78 Å². The van der Waals surface area contributed by atoms with E-state index in [9.17, 15) is 9.90 Å². The molecule has 2 heterocycles. The average Bonchev–Trinajstić information content (AvgIpc) is 2.85. The number of aromatic nitrogens is 1. The van der Waals surface area contributed by atoms with Gasteiger partial charge in [-0.15, -0.1) is 0 Å². The van der Waals surface area contributed by atoms with Gasteiger partial charge in [0.15, 0.2) is 5.13 Å². The number of carboxylic acids is 1. The molecule has 1 N–H and O–H groups in total. The quantitative estimate of drug-likeness (QED) is 0.873. The zero-order chi connectivity index (χ0) is 14.5. The van der Waals surface area contributed by atoms with Crippen LogP contribution in [-0.2, 0) is 6.42 Å². The highest BCUT2D eigenvalue weighted by atomic mass is 32.1. The van der Waals surface area contributed by atoms with Gasteiger partial charge in [0.25, 0.3) is 0 Å². The third-order valence-electron chi connectivity index (χ3n) is 3.55. The fourth-order valence-electron chi connectivity index (χ4n) is 2.53. The first-order valence-electron chi connectivity index (χ1n) is 7.36. The van der Waals surface area contributed by atoms with Crippen molar-refractivity contribution in [3.8, 4) is 0 Å². The van der Waals surface area contributed by atoms with E-state index in [0.29, 0.717) is 4.88 Å². The largest absolute Gasteiger partial charge is 0.477 e. The molecule has 1 fully saturated rings. The summed E-state index contributed by atoms with van der Waals surface area (Å²) >= 11 is 1.33. The topological polar surface area (TPSA) is 56.7 Å². The molecule has 0 unspecified atom stereocenters. The first kappa shape index (κ1) is 15.3. The van der Waals surface area contributed by atoms with Crippen LogP contribution in [0.5, 0.6) is 0 Å². The summed E-state index contributed by atoms with van der Waals surface area (Å²) in [5, 5.41) is 10.1. The van der Waals surface area contributed by atoms with Crippen molar-refractivity contribution in [1.29, 1.82) is 0 Å². The Labute approximate surface area is 124 Å². The maximum atomic E-state index is 11.3. The Hall–Kier alpha value is -1.14. The summed E-state index contributed by atoms with van der Waals surface area (Å²) in [6.07, 6.45) is 2.85. The number of carbonyl (C=O) groups is 1. The molecule has 2 rings (SSSR count). The molecule has 20 heavy (non-hydrogen) atoms. The van der Waals surface area contributed by atoms with E-state index >= 15 is 0 Å². The minimum Gasteiger partial charge on any atom is -0.477 e. The van der Waals surface area contributed by atoms with Crippen molar-refractivity contribution >= 4 is 22.4 Å². The van der Waals surface area contributed by atoms with Crippen molar-refractivity contribution in [3.05, 3.63) is 10.6 Å². The number of piperazine rings is 1. The summed E-state index contributed by atoms with van der Waals surface area (Å²) in [5.74, 6) is -0.846. The Morgan fingerprint density at radius 1 is 1.25 bits per heavy atom. The number of nitrogens with zero attached hydrogens (tertiary/aromatic N) is 3. The second kappa shape index (κ2) is 7.04. The SMILES string of the molecule is CCCc1nc(N2CCN(CCC)CC2)sc1C(=O)O. The second-order valence-corrected chi connectivity index (χ2v) is 6.13. The van der Waals surface area contributed by atoms with Gasteiger partial charge in [-0.2, -0.15) is 0 Å². The van der Waals surface area contributed by atoms with Crippen LogP contribution >= 0.6 is 11.3 Å². The van der Waals surface area contributed by atoms with Crippen LogP contribution in [0.4, 0.5) is 5.13 Å². The van der Waals surface area contributed by atoms with Crippen molar-refractivity contribution in [2.24, 2.45) is 0 Å². The van der Waals surface area contributed by atoms with Crippen molar-refractivity contribution < 1.29 is 9.90 Å². The van der Waals surface area contributed by atoms with Gasteiger partial charge in [0.05, 0.1) is 5.69 Å². The molecule has 5 nitrogen and oxygen atoms in total. The summed E-state index contributed by atoms with van der Waals surface area (Å²) in [6.45, 7) is 9.36. The molecule has 0 aliphatic carbocycles. The van der Waals surface area contributed by atoms with Gasteiger partial charge >= 0.3 is 5.97 Å². The fourth-order valence-corrected chi connectivity index (χ4v) is 3.53. The Balaban J connectivity index is 2.06. The highest BCUT2D eigenvalue weighted by Gasteiger charge is 2.23. The molecule has 112 valence electrons. The lowest BCUT2D eigenvalue weighted by Gasteiger charge is -2.34. The zero-order valence-electron chi connectivity index (χ0n) is 12.3. The average molecular weight is 297 g/mol. The molecular formula is C14H23N3O2S. The van der Waals surface area contributed by atoms with Gasteiger partial charge in [0.2, 0.25) is 0 Å². The van der Waals surface area contributed by atoms with Gasteiger partial charge < -0.3 is 10.0 Å². The molecule has 1 aromatic rings. The molecule has 0 amide bonds. The molecule has 0 aromatic carbocycles. The minimum absolute atomic E-state index is 0.415. The number of anilines is 1. The molecule has 0 saturated carbocycles. The number of thiazole rings is 1. The van der Waals surface area contributed by atoms with Crippen LogP contribution in [-0.4, -0.2) is 53.7 Å². The molecule has 1 aromatic heterocycles. The van der Waals surface area contributed by atoms with Crippen LogP contribution in [0, 0.1) is 0 Å². The second-order valence-electron chi connectivity index (χ2n) is 5.16. The Morgan fingerprint density at radius 3 is 2.50 bits per heavy atom. The van der Waals surface area contributed by atoms with E-state index in [1.807, 2.05) is 6.92 Å². The van der Waals surface area contributed by atoms with Gasteiger partial charge in [0, 0.05) is 26.2 Å². The summed E-state index contributed by atoms with van der Waals surface area (Å²) in [5.41, 5.74) is 0.746. The predicted molar refractivity (Wildman–Crippen MR) is 82.0 cm³/mol. The van der Waals surface area contributed by atoms with Crippen molar-refractivity contribution in [2.45, 2.75) is 33.1 Å². The molecular weight excluding hydrogens is 274 g/mol. The fraction of sp³-hybridized carbons (Fsp3) is 0.714. The molecule has 1 aliphatic rings. The normalized spacial score (nSPS) is 16.6. The van der Waals surface area contributed by atoms with Gasteiger partial charge in [-0.05, 0) is 19.4 Å². The van der Waals surface area contributed by atoms with E-state index in [-0.39, 0.29) is 0 Å². The number of aryl methyl sites for hydroxylation is 1. The third kappa shape index (κ3) is 3.49. The lowest BCUT2D eigenvalue weighted by molar-refractivity contribution is 0.0700. The van der Waals surface area contributed by atoms with Crippen molar-refractivity contribution in [2.75, 3.05) is 37.6 Å². The van der Waals surface area contributed by atoms with E-state index in [0.717, 1.165) is 56.4 Å². The number of hydrogen-bond donors (Lipinski definition) is 1. The predicted octanol–water partition coefficient (Wildman–Crippen LogP) is 2.33. The number of hydrogen-bond acceptors (Lipinski definition) is 5. The monoisotopic (exact) mass is 297 g/mol. The van der Waals surface area contributed by atoms with Crippen LogP contribution in [0.3, 0.4) is 0 Å². The molecule has 0 atom stereocenters. The van der Waals surface area contributed by atoms with E-state index in [1.165, 1.54) is 17.8 Å². The summed E-state index contributed by atoms with van der Waals surface area (Å²) < 4.78 is 0. The first-order chi connectivity index (χ1) is 9.65. The number of carboxylic acid groups (broad SMARTS) is 1. The molecule has 1 aliphatic heterocycles. The van der Waals surface area contributed by atoms with E-state index in [4.69, 9.17) is 0 Å². The van der Waals surface area contributed by atoms with Gasteiger partial charge in [-0.3, -0.25) is 4.90 Å². The first-order valence-corrected chi connectivity index (χ1v) is 8.17. The van der Waals surface area contributed by atoms with Crippen LogP contribution in [0.25, 0.3) is 0 Å². The smallest absolute Gasteiger partial charge is 0.347 e. The van der Waals surface area contributed by atoms with Crippen LogP contribution in [0.15, 0.2) is 0 Å². The minimum atomic E-state index is -0.846. The van der Waals surface area contributed by atoms with E-state index < -0.39 is 5.97 Å². The summed E-state index contributed by atoms with van der Waals surface area (Å²) in [4.78, 5) is 20.9. The maximum Gasteiger partial charge on any atom is 0.347 e. The maximum absolute atomic E-state index is 11.3. The van der Waals surface area contributed by atoms with Gasteiger partial charge in [-0.1, -0.05) is 31.6 Å². The standard InChI is InChI=1S/C14H23N3O2S/c1-3-5-11-12(13(18)19)20-14(15-11)17-9-7-16(6-4-2)8-10-17/h3-10H2,1-2H3,(H,18,19). The molecule has 1 saturated heterocycles. The lowest BCUT2D eigenvalue weighted by atomic mass is 10.2. The van der Waals surface area contributed by atoms with Crippen LogP contribution < -0.4 is 4.90 Å². The van der Waals surface area contributed by atoms with Crippen molar-refractivity contribution in [3.63, 3.8) is 0 Å². The number of rotatable bonds is 6. The Bertz CT molecular complexity index is 453. The Kier molecular flexibility index (Phi) is 5.37. The molecule has 0 spiro atoms. The molecule has 0 bridgehead atoms. The zero-order valence-corrected chi connectivity index (χ0v) is 13.1. The van der Waals surface area contributed by atoms with Crippen LogP contribution in [0.2, 0.25) is 0 Å². The summed E-state index contributed by atoms with van der Waals surface area (Å²) in [7, 11) is 0.